The molecule has 4 atom stereocenters. The Balaban J connectivity index is 1.29. The summed E-state index contributed by atoms with van der Waals surface area (Å²) in [6.45, 7) is 1.73. The standard InChI is InChI=1S/C23H36N4O2/c24-9-10-27-22(29-15-16-5-2-1-3-6-16)19(14-25-27)21(28)26-20-18-11-17-7-4-8-23(20,12-17)13-18/h14,16-18,20H,1-13,15,24H2,(H,26,28). The van der Waals surface area contributed by atoms with Gasteiger partial charge in [-0.1, -0.05) is 32.1 Å². The van der Waals surface area contributed by atoms with Gasteiger partial charge in [-0.15, -0.1) is 0 Å². The van der Waals surface area contributed by atoms with Crippen LogP contribution in [0.25, 0.3) is 0 Å². The molecule has 6 rings (SSSR count). The third-order valence-electron chi connectivity index (χ3n) is 8.26. The van der Waals surface area contributed by atoms with E-state index >= 15 is 0 Å². The lowest BCUT2D eigenvalue weighted by Gasteiger charge is -2.64. The number of amides is 1. The number of nitrogens with one attached hydrogen (secondary N) is 1. The van der Waals surface area contributed by atoms with E-state index in [1.807, 2.05) is 0 Å². The summed E-state index contributed by atoms with van der Waals surface area (Å²) in [5.74, 6) is 2.76. The van der Waals surface area contributed by atoms with Crippen molar-refractivity contribution in [1.29, 1.82) is 0 Å². The Morgan fingerprint density at radius 3 is 2.93 bits per heavy atom. The minimum absolute atomic E-state index is 0.00925. The number of carbonyl (C=O) groups is 1. The van der Waals surface area contributed by atoms with Gasteiger partial charge >= 0.3 is 0 Å². The van der Waals surface area contributed by atoms with Crippen LogP contribution < -0.4 is 15.8 Å². The van der Waals surface area contributed by atoms with Crippen LogP contribution in [0.1, 0.15) is 81.0 Å². The van der Waals surface area contributed by atoms with E-state index in [1.54, 1.807) is 10.9 Å². The fraction of sp³-hybridized carbons (Fsp3) is 0.826. The molecule has 1 spiro atoms. The van der Waals surface area contributed by atoms with Gasteiger partial charge in [-0.05, 0) is 61.7 Å². The second-order valence-corrected chi connectivity index (χ2v) is 10.2. The molecule has 5 fully saturated rings. The molecule has 3 bridgehead atoms. The molecule has 160 valence electrons. The summed E-state index contributed by atoms with van der Waals surface area (Å²) < 4.78 is 7.98. The zero-order chi connectivity index (χ0) is 19.8. The SMILES string of the molecule is NCCn1ncc(C(=O)NC2C3CC4CCCC2(C4)C3)c1OCC1CCCCC1. The van der Waals surface area contributed by atoms with Crippen LogP contribution in [0.4, 0.5) is 0 Å². The molecule has 1 aromatic heterocycles. The fourth-order valence-electron chi connectivity index (χ4n) is 6.95. The number of hydrogen-bond acceptors (Lipinski definition) is 4. The summed E-state index contributed by atoms with van der Waals surface area (Å²) >= 11 is 0. The second kappa shape index (κ2) is 7.93. The van der Waals surface area contributed by atoms with E-state index in [0.717, 1.165) is 5.92 Å². The largest absolute Gasteiger partial charge is 0.477 e. The first-order chi connectivity index (χ1) is 14.2. The molecule has 5 aliphatic carbocycles. The highest BCUT2D eigenvalue weighted by Gasteiger charge is 2.59. The highest BCUT2D eigenvalue weighted by molar-refractivity contribution is 5.96. The van der Waals surface area contributed by atoms with E-state index < -0.39 is 0 Å². The molecule has 4 unspecified atom stereocenters. The van der Waals surface area contributed by atoms with Crippen LogP contribution in [0.3, 0.4) is 0 Å². The van der Waals surface area contributed by atoms with Crippen molar-refractivity contribution in [3.8, 4) is 5.88 Å². The van der Waals surface area contributed by atoms with E-state index in [2.05, 4.69) is 10.4 Å². The third kappa shape index (κ3) is 3.58. The molecular weight excluding hydrogens is 364 g/mol. The second-order valence-electron chi connectivity index (χ2n) is 10.2. The molecule has 0 radical (unpaired) electrons. The molecule has 0 saturated heterocycles. The molecule has 5 aliphatic rings. The van der Waals surface area contributed by atoms with Gasteiger partial charge in [0.25, 0.3) is 5.91 Å². The number of nitrogens with zero attached hydrogens (tertiary/aromatic N) is 2. The van der Waals surface area contributed by atoms with Crippen molar-refractivity contribution in [2.75, 3.05) is 13.2 Å². The maximum Gasteiger partial charge on any atom is 0.258 e. The lowest BCUT2D eigenvalue weighted by molar-refractivity contribution is -0.108. The van der Waals surface area contributed by atoms with Crippen molar-refractivity contribution in [2.45, 2.75) is 83.2 Å². The van der Waals surface area contributed by atoms with Crippen molar-refractivity contribution < 1.29 is 9.53 Å². The zero-order valence-corrected chi connectivity index (χ0v) is 17.6. The first-order valence-electron chi connectivity index (χ1n) is 11.9. The third-order valence-corrected chi connectivity index (χ3v) is 8.26. The Labute approximate surface area is 173 Å². The Kier molecular flexibility index (Phi) is 5.31. The van der Waals surface area contributed by atoms with Gasteiger partial charge in [0.05, 0.1) is 19.3 Å². The van der Waals surface area contributed by atoms with Crippen LogP contribution in [0.2, 0.25) is 0 Å². The van der Waals surface area contributed by atoms with Gasteiger partial charge in [-0.2, -0.15) is 5.10 Å². The average molecular weight is 401 g/mol. The van der Waals surface area contributed by atoms with Gasteiger partial charge in [-0.25, -0.2) is 4.68 Å². The minimum atomic E-state index is -0.00925. The van der Waals surface area contributed by atoms with Crippen molar-refractivity contribution in [3.05, 3.63) is 11.8 Å². The van der Waals surface area contributed by atoms with Crippen LogP contribution in [0.5, 0.6) is 5.88 Å². The summed E-state index contributed by atoms with van der Waals surface area (Å²) in [6.07, 6.45) is 15.9. The van der Waals surface area contributed by atoms with Gasteiger partial charge in [0.1, 0.15) is 5.56 Å². The number of aromatic nitrogens is 2. The summed E-state index contributed by atoms with van der Waals surface area (Å²) in [6, 6.07) is 0.343. The van der Waals surface area contributed by atoms with Crippen LogP contribution in [0, 0.1) is 23.2 Å². The summed E-state index contributed by atoms with van der Waals surface area (Å²) in [7, 11) is 0. The van der Waals surface area contributed by atoms with Crippen LogP contribution in [-0.2, 0) is 6.54 Å². The van der Waals surface area contributed by atoms with Gasteiger partial charge in [0.2, 0.25) is 5.88 Å². The molecule has 6 heteroatoms. The predicted molar refractivity (Wildman–Crippen MR) is 112 cm³/mol. The van der Waals surface area contributed by atoms with Crippen LogP contribution >= 0.6 is 0 Å². The molecule has 3 N–H and O–H groups in total. The van der Waals surface area contributed by atoms with E-state index in [-0.39, 0.29) is 5.91 Å². The molecule has 0 aliphatic heterocycles. The Morgan fingerprint density at radius 2 is 2.10 bits per heavy atom. The molecule has 1 aromatic rings. The van der Waals surface area contributed by atoms with Crippen molar-refractivity contribution in [2.24, 2.45) is 28.9 Å². The van der Waals surface area contributed by atoms with Crippen LogP contribution in [0.15, 0.2) is 6.20 Å². The number of rotatable bonds is 7. The molecule has 0 aromatic carbocycles. The molecular formula is C23H36N4O2. The van der Waals surface area contributed by atoms with Crippen molar-refractivity contribution >= 4 is 5.91 Å². The summed E-state index contributed by atoms with van der Waals surface area (Å²) in [5.41, 5.74) is 6.72. The minimum Gasteiger partial charge on any atom is -0.477 e. The maximum absolute atomic E-state index is 13.3. The Hall–Kier alpha value is -1.56. The highest BCUT2D eigenvalue weighted by Crippen LogP contribution is 2.63. The molecule has 29 heavy (non-hydrogen) atoms. The lowest BCUT2D eigenvalue weighted by atomic mass is 9.44. The maximum atomic E-state index is 13.3. The van der Waals surface area contributed by atoms with E-state index in [4.69, 9.17) is 10.5 Å². The normalized spacial score (nSPS) is 33.8. The van der Waals surface area contributed by atoms with Gasteiger partial charge in [0, 0.05) is 12.6 Å². The molecule has 1 heterocycles. The molecule has 5 saturated carbocycles. The number of hydrogen-bond donors (Lipinski definition) is 2. The zero-order valence-electron chi connectivity index (χ0n) is 17.6. The van der Waals surface area contributed by atoms with Crippen LogP contribution in [-0.4, -0.2) is 34.9 Å². The van der Waals surface area contributed by atoms with E-state index in [1.165, 1.54) is 70.6 Å². The lowest BCUT2D eigenvalue weighted by Crippen LogP contribution is -2.66. The quantitative estimate of drug-likeness (QED) is 0.734. The molecule has 1 amide bonds. The number of ether oxygens (including phenoxy) is 1. The first kappa shape index (κ1) is 19.4. The van der Waals surface area contributed by atoms with E-state index in [9.17, 15) is 4.79 Å². The van der Waals surface area contributed by atoms with Gasteiger partial charge < -0.3 is 15.8 Å². The summed E-state index contributed by atoms with van der Waals surface area (Å²) in [4.78, 5) is 13.3. The number of nitrogens with two attached hydrogens (primary N) is 1. The first-order valence-corrected chi connectivity index (χ1v) is 11.9. The highest BCUT2D eigenvalue weighted by atomic mass is 16.5. The topological polar surface area (TPSA) is 82.2 Å². The molecule has 6 nitrogen and oxygen atoms in total. The van der Waals surface area contributed by atoms with Gasteiger partial charge in [-0.3, -0.25) is 4.79 Å². The van der Waals surface area contributed by atoms with Crippen molar-refractivity contribution in [3.63, 3.8) is 0 Å². The smallest absolute Gasteiger partial charge is 0.258 e. The average Bonchev–Trinajstić information content (AvgIpc) is 3.14. The van der Waals surface area contributed by atoms with Crippen molar-refractivity contribution in [1.82, 2.24) is 15.1 Å². The van der Waals surface area contributed by atoms with Gasteiger partial charge in [0.15, 0.2) is 0 Å². The Bertz CT molecular complexity index is 735. The predicted octanol–water partition coefficient (Wildman–Crippen LogP) is 3.50. The Morgan fingerprint density at radius 1 is 1.24 bits per heavy atom. The summed E-state index contributed by atoms with van der Waals surface area (Å²) in [5, 5.41) is 7.84. The number of carbonyl (C=O) groups excluding carboxylic acids is 1. The fourth-order valence-corrected chi connectivity index (χ4v) is 6.95. The van der Waals surface area contributed by atoms with E-state index in [0.29, 0.717) is 54.4 Å². The monoisotopic (exact) mass is 400 g/mol.